The predicted octanol–water partition coefficient (Wildman–Crippen LogP) is 5.14. The first kappa shape index (κ1) is 21.7. The molecular weight excluding hydrogens is 507 g/mol. The Bertz CT molecular complexity index is 1100. The summed E-state index contributed by atoms with van der Waals surface area (Å²) in [5.74, 6) is 0. The molecule has 1 aliphatic rings. The van der Waals surface area contributed by atoms with Gasteiger partial charge in [0.1, 0.15) is 0 Å². The first-order chi connectivity index (χ1) is 15.7. The van der Waals surface area contributed by atoms with Crippen molar-refractivity contribution in [3.8, 4) is 0 Å². The van der Waals surface area contributed by atoms with E-state index in [2.05, 4.69) is 123 Å². The van der Waals surface area contributed by atoms with Crippen molar-refractivity contribution in [3.63, 3.8) is 0 Å². The molecule has 4 aromatic rings. The van der Waals surface area contributed by atoms with Crippen molar-refractivity contribution in [2.75, 3.05) is 0 Å². The molecule has 0 bridgehead atoms. The predicted molar refractivity (Wildman–Crippen MR) is 145 cm³/mol. The van der Waals surface area contributed by atoms with Crippen LogP contribution in [0.1, 0.15) is 11.1 Å². The van der Waals surface area contributed by atoms with Crippen molar-refractivity contribution in [2.45, 2.75) is 34.8 Å². The van der Waals surface area contributed by atoms with Crippen molar-refractivity contribution in [3.05, 3.63) is 120 Å². The van der Waals surface area contributed by atoms with Crippen molar-refractivity contribution in [1.82, 2.24) is 0 Å². The summed E-state index contributed by atoms with van der Waals surface area (Å²) in [7, 11) is -1.83. The fraction of sp³-hybridized carbons (Fsp3) is 0.200. The molecule has 160 valence electrons. The average Bonchev–Trinajstić information content (AvgIpc) is 2.86. The molecule has 32 heavy (non-hydrogen) atoms. The molecule has 0 atom stereocenters. The van der Waals surface area contributed by atoms with Crippen LogP contribution in [0.3, 0.4) is 0 Å². The Hall–Kier alpha value is -2.10. The summed E-state index contributed by atoms with van der Waals surface area (Å²) < 4.78 is 6.20. The van der Waals surface area contributed by atoms with Crippen LogP contribution in [-0.4, -0.2) is 26.5 Å². The topological polar surface area (TPSA) is 0 Å². The molecule has 0 saturated carbocycles. The van der Waals surface area contributed by atoms with E-state index < -0.39 is 26.5 Å². The van der Waals surface area contributed by atoms with Crippen molar-refractivity contribution < 1.29 is 0 Å². The third kappa shape index (κ3) is 3.70. The average molecular weight is 539 g/mol. The molecule has 0 amide bonds. The SMILES string of the molecule is Cc1ccccc1[Si]1(c2ccccc2C)C[CH2][Sn]([c]2ccccc2)([c]2ccccc2)[CH2]C1. The van der Waals surface area contributed by atoms with Crippen LogP contribution >= 0.6 is 0 Å². The van der Waals surface area contributed by atoms with Crippen LogP contribution in [0.15, 0.2) is 109 Å². The molecule has 0 spiro atoms. The van der Waals surface area contributed by atoms with Crippen molar-refractivity contribution in [1.29, 1.82) is 0 Å². The normalized spacial score (nSPS) is 17.1. The van der Waals surface area contributed by atoms with E-state index in [-0.39, 0.29) is 0 Å². The second-order valence-corrected chi connectivity index (χ2v) is 26.1. The molecule has 0 aromatic heterocycles. The third-order valence-electron chi connectivity index (χ3n) is 7.93. The van der Waals surface area contributed by atoms with Crippen molar-refractivity contribution >= 4 is 44.0 Å². The second-order valence-electron chi connectivity index (χ2n) is 9.53. The van der Waals surface area contributed by atoms with Crippen LogP contribution in [0.4, 0.5) is 0 Å². The van der Waals surface area contributed by atoms with Gasteiger partial charge in [0.2, 0.25) is 0 Å². The van der Waals surface area contributed by atoms with E-state index in [1.807, 2.05) is 0 Å². The molecule has 1 aliphatic heterocycles. The maximum atomic E-state index is 2.46. The summed E-state index contributed by atoms with van der Waals surface area (Å²) in [6.45, 7) is 4.67. The van der Waals surface area contributed by atoms with E-state index in [0.29, 0.717) is 0 Å². The van der Waals surface area contributed by atoms with E-state index >= 15 is 0 Å². The third-order valence-corrected chi connectivity index (χ3v) is 30.7. The van der Waals surface area contributed by atoms with Gasteiger partial charge >= 0.3 is 199 Å². The van der Waals surface area contributed by atoms with Gasteiger partial charge in [0.15, 0.2) is 0 Å². The molecule has 1 saturated heterocycles. The minimum absolute atomic E-state index is 1.38. The summed E-state index contributed by atoms with van der Waals surface area (Å²) in [6, 6.07) is 44.5. The molecule has 0 N–H and O–H groups in total. The van der Waals surface area contributed by atoms with Crippen LogP contribution in [-0.2, 0) is 0 Å². The van der Waals surface area contributed by atoms with Crippen LogP contribution in [0.2, 0.25) is 21.0 Å². The number of hydrogen-bond donors (Lipinski definition) is 0. The van der Waals surface area contributed by atoms with Gasteiger partial charge in [0, 0.05) is 0 Å². The molecule has 1 heterocycles. The van der Waals surface area contributed by atoms with Crippen LogP contribution in [0.25, 0.3) is 0 Å². The monoisotopic (exact) mass is 540 g/mol. The number of hydrogen-bond acceptors (Lipinski definition) is 0. The summed E-state index contributed by atoms with van der Waals surface area (Å²) in [5, 5.41) is 3.35. The Balaban J connectivity index is 1.65. The number of benzene rings is 4. The number of aryl methyl sites for hydroxylation is 2. The zero-order valence-electron chi connectivity index (χ0n) is 19.2. The van der Waals surface area contributed by atoms with E-state index in [1.54, 1.807) is 17.5 Å². The number of rotatable bonds is 4. The van der Waals surface area contributed by atoms with Gasteiger partial charge in [-0.3, -0.25) is 0 Å². The summed E-state index contributed by atoms with van der Waals surface area (Å²) in [5.41, 5.74) is 2.98. The zero-order chi connectivity index (χ0) is 22.0. The van der Waals surface area contributed by atoms with E-state index in [4.69, 9.17) is 0 Å². The molecule has 0 aliphatic carbocycles. The van der Waals surface area contributed by atoms with Crippen LogP contribution in [0, 0.1) is 13.8 Å². The molecule has 0 nitrogen and oxygen atoms in total. The van der Waals surface area contributed by atoms with Crippen molar-refractivity contribution in [2.24, 2.45) is 0 Å². The standard InChI is InChI=1S/C18H22Si.2C6H5.Sn/c1-5-19(6-2,17-13-9-7-11-15(17)3)18-14-10-8-12-16(18)4;2*1-2-4-6-5-3-1;/h7-14H,1-2,5-6H2,3-4H3;2*1-5H;. The molecule has 4 aromatic carbocycles. The van der Waals surface area contributed by atoms with Gasteiger partial charge in [-0.05, 0) is 0 Å². The van der Waals surface area contributed by atoms with Gasteiger partial charge < -0.3 is 0 Å². The van der Waals surface area contributed by atoms with E-state index in [0.717, 1.165) is 0 Å². The Labute approximate surface area is 198 Å². The maximum absolute atomic E-state index is 2.76. The fourth-order valence-corrected chi connectivity index (χ4v) is 36.4. The second kappa shape index (κ2) is 9.03. The van der Waals surface area contributed by atoms with Gasteiger partial charge in [-0.25, -0.2) is 0 Å². The molecule has 0 unspecified atom stereocenters. The Morgan fingerprint density at radius 1 is 0.500 bits per heavy atom. The van der Waals surface area contributed by atoms with Gasteiger partial charge in [-0.1, -0.05) is 0 Å². The first-order valence-electron chi connectivity index (χ1n) is 11.9. The molecule has 5 rings (SSSR count). The molecule has 0 radical (unpaired) electrons. The van der Waals surface area contributed by atoms with Gasteiger partial charge in [0.05, 0.1) is 0 Å². The summed E-state index contributed by atoms with van der Waals surface area (Å²) in [4.78, 5) is 0. The summed E-state index contributed by atoms with van der Waals surface area (Å²) >= 11 is -2.76. The van der Waals surface area contributed by atoms with Gasteiger partial charge in [0.25, 0.3) is 0 Å². The zero-order valence-corrected chi connectivity index (χ0v) is 23.1. The van der Waals surface area contributed by atoms with Gasteiger partial charge in [-0.2, -0.15) is 0 Å². The molecular formula is C30H32SiSn. The molecule has 1 fully saturated rings. The quantitative estimate of drug-likeness (QED) is 0.315. The van der Waals surface area contributed by atoms with Crippen LogP contribution < -0.4 is 17.5 Å². The van der Waals surface area contributed by atoms with E-state index in [1.165, 1.54) is 32.1 Å². The minimum atomic E-state index is -2.76. The Morgan fingerprint density at radius 2 is 0.875 bits per heavy atom. The van der Waals surface area contributed by atoms with Crippen LogP contribution in [0.5, 0.6) is 0 Å². The first-order valence-corrected chi connectivity index (χ1v) is 21.2. The van der Waals surface area contributed by atoms with Gasteiger partial charge in [-0.15, -0.1) is 0 Å². The summed E-state index contributed by atoms with van der Waals surface area (Å²) in [6.07, 6.45) is 0. The fourth-order valence-electron chi connectivity index (χ4n) is 6.27. The van der Waals surface area contributed by atoms with E-state index in [9.17, 15) is 0 Å². The Morgan fingerprint density at radius 3 is 1.28 bits per heavy atom. The Kier molecular flexibility index (Phi) is 6.13. The molecule has 2 heteroatoms.